The number of nitrogens with two attached hydrogens (primary N) is 2. The lowest BCUT2D eigenvalue weighted by Crippen LogP contribution is -2.10. The zero-order valence-electron chi connectivity index (χ0n) is 13.4. The smallest absolute Gasteiger partial charge is 0.125 e. The van der Waals surface area contributed by atoms with Gasteiger partial charge in [0, 0.05) is 16.7 Å². The van der Waals surface area contributed by atoms with Crippen LogP contribution in [0.3, 0.4) is 0 Å². The van der Waals surface area contributed by atoms with Gasteiger partial charge in [-0.1, -0.05) is 5.21 Å². The van der Waals surface area contributed by atoms with Gasteiger partial charge in [-0.05, 0) is 42.5 Å². The van der Waals surface area contributed by atoms with E-state index >= 15 is 0 Å². The highest BCUT2D eigenvalue weighted by atomic mass is 35.5. The van der Waals surface area contributed by atoms with Crippen molar-refractivity contribution in [3.63, 3.8) is 0 Å². The summed E-state index contributed by atoms with van der Waals surface area (Å²) in [7, 11) is 0. The van der Waals surface area contributed by atoms with Crippen molar-refractivity contribution in [2.24, 2.45) is 11.5 Å². The number of aromatic nitrogens is 3. The van der Waals surface area contributed by atoms with E-state index in [-0.39, 0.29) is 42.2 Å². The van der Waals surface area contributed by atoms with Gasteiger partial charge in [0.05, 0.1) is 11.9 Å². The van der Waals surface area contributed by atoms with Gasteiger partial charge in [0.1, 0.15) is 23.1 Å². The molecular weight excluding hydrogens is 377 g/mol. The molecule has 0 unspecified atom stereocenters. The molecule has 0 aliphatic heterocycles. The normalized spacial score (nSPS) is 9.69. The van der Waals surface area contributed by atoms with Gasteiger partial charge in [0.2, 0.25) is 0 Å². The van der Waals surface area contributed by atoms with Crippen molar-refractivity contribution in [3.05, 3.63) is 59.8 Å². The van der Waals surface area contributed by atoms with Crippen LogP contribution < -0.4 is 11.5 Å². The summed E-state index contributed by atoms with van der Waals surface area (Å²) in [6, 6.07) is 11.6. The fourth-order valence-electron chi connectivity index (χ4n) is 2.22. The summed E-state index contributed by atoms with van der Waals surface area (Å²) in [5.74, 6) is -0.0748. The summed E-state index contributed by atoms with van der Waals surface area (Å²) in [6.07, 6.45) is 1.65. The first kappa shape index (κ1) is 20.9. The summed E-state index contributed by atoms with van der Waals surface area (Å²) in [4.78, 5) is 0. The molecule has 1 aromatic heterocycles. The Balaban J connectivity index is 0.00000169. The Morgan fingerprint density at radius 3 is 2.08 bits per heavy atom. The number of nitrogens with one attached hydrogen (secondary N) is 2. The van der Waals surface area contributed by atoms with E-state index in [1.54, 1.807) is 47.3 Å². The Morgan fingerprint density at radius 1 is 0.923 bits per heavy atom. The third-order valence-corrected chi connectivity index (χ3v) is 3.52. The first-order chi connectivity index (χ1) is 11.5. The van der Waals surface area contributed by atoms with Gasteiger partial charge in [-0.25, -0.2) is 4.68 Å². The molecule has 10 heteroatoms. The lowest BCUT2D eigenvalue weighted by Gasteiger charge is -2.04. The second-order valence-corrected chi connectivity index (χ2v) is 5.15. The molecule has 7 N–H and O–H groups in total. The van der Waals surface area contributed by atoms with E-state index in [9.17, 15) is 5.11 Å². The SMILES string of the molecule is Cl.Cl.N=C(N)c1ccc(-n2cc(-c3cc(C(=N)N)ccc3O)nn2)cc1. The van der Waals surface area contributed by atoms with E-state index in [2.05, 4.69) is 10.3 Å². The van der Waals surface area contributed by atoms with Crippen molar-refractivity contribution in [3.8, 4) is 22.7 Å². The van der Waals surface area contributed by atoms with Gasteiger partial charge in [-0.15, -0.1) is 29.9 Å². The first-order valence-electron chi connectivity index (χ1n) is 7.00. The number of benzene rings is 2. The summed E-state index contributed by atoms with van der Waals surface area (Å²) in [6.45, 7) is 0. The van der Waals surface area contributed by atoms with E-state index in [0.717, 1.165) is 5.69 Å². The number of rotatable bonds is 4. The highest BCUT2D eigenvalue weighted by molar-refractivity contribution is 5.96. The molecule has 136 valence electrons. The summed E-state index contributed by atoms with van der Waals surface area (Å²) in [5, 5.41) is 33.0. The van der Waals surface area contributed by atoms with Crippen LogP contribution in [0.1, 0.15) is 11.1 Å². The number of hydrogen-bond donors (Lipinski definition) is 5. The molecule has 0 saturated heterocycles. The molecule has 1 heterocycles. The minimum atomic E-state index is -0.0940. The molecule has 0 spiro atoms. The Kier molecular flexibility index (Phi) is 6.71. The Hall–Kier alpha value is -3.10. The Morgan fingerprint density at radius 2 is 1.50 bits per heavy atom. The molecule has 3 rings (SSSR count). The zero-order chi connectivity index (χ0) is 17.3. The van der Waals surface area contributed by atoms with Crippen molar-refractivity contribution in [1.29, 1.82) is 10.8 Å². The van der Waals surface area contributed by atoms with Crippen molar-refractivity contribution >= 4 is 36.5 Å². The lowest BCUT2D eigenvalue weighted by atomic mass is 10.1. The molecule has 0 aliphatic rings. The maximum absolute atomic E-state index is 10.0. The molecule has 0 fully saturated rings. The number of hydrogen-bond acceptors (Lipinski definition) is 5. The lowest BCUT2D eigenvalue weighted by molar-refractivity contribution is 0.477. The van der Waals surface area contributed by atoms with E-state index < -0.39 is 0 Å². The number of nitrogen functional groups attached to an aromatic ring is 2. The van der Waals surface area contributed by atoms with Gasteiger partial charge < -0.3 is 16.6 Å². The fourth-order valence-corrected chi connectivity index (χ4v) is 2.22. The van der Waals surface area contributed by atoms with Crippen LogP contribution in [0.25, 0.3) is 16.9 Å². The second kappa shape index (κ2) is 8.32. The van der Waals surface area contributed by atoms with Crippen LogP contribution in [0.4, 0.5) is 0 Å². The largest absolute Gasteiger partial charge is 0.507 e. The molecule has 0 aliphatic carbocycles. The quantitative estimate of drug-likeness (QED) is 0.339. The van der Waals surface area contributed by atoms with Crippen LogP contribution in [0.2, 0.25) is 0 Å². The first-order valence-corrected chi connectivity index (χ1v) is 7.00. The van der Waals surface area contributed by atoms with Crippen LogP contribution >= 0.6 is 24.8 Å². The number of halogens is 2. The Labute approximate surface area is 161 Å². The molecule has 3 aromatic rings. The third-order valence-electron chi connectivity index (χ3n) is 3.52. The fraction of sp³-hybridized carbons (Fsp3) is 0. The van der Waals surface area contributed by atoms with Gasteiger partial charge >= 0.3 is 0 Å². The third kappa shape index (κ3) is 4.11. The van der Waals surface area contributed by atoms with Crippen molar-refractivity contribution in [1.82, 2.24) is 15.0 Å². The molecule has 0 saturated carbocycles. The predicted octanol–water partition coefficient (Wildman–Crippen LogP) is 2.05. The standard InChI is InChI=1S/C16H15N7O.2ClH/c17-15(18)9-1-4-11(5-2-9)23-8-13(21-22-23)12-7-10(16(19)20)3-6-14(12)24;;/h1-8,24H,(H3,17,18)(H3,19,20);2*1H. The van der Waals surface area contributed by atoms with Crippen molar-refractivity contribution < 1.29 is 5.11 Å². The zero-order valence-corrected chi connectivity index (χ0v) is 15.0. The molecule has 0 amide bonds. The van der Waals surface area contributed by atoms with Gasteiger partial charge in [0.25, 0.3) is 0 Å². The highest BCUT2D eigenvalue weighted by Crippen LogP contribution is 2.28. The maximum Gasteiger partial charge on any atom is 0.125 e. The van der Waals surface area contributed by atoms with E-state index in [0.29, 0.717) is 22.4 Å². The summed E-state index contributed by atoms with van der Waals surface area (Å²) in [5.41, 5.74) is 13.6. The second-order valence-electron chi connectivity index (χ2n) is 5.15. The van der Waals surface area contributed by atoms with Gasteiger partial charge in [-0.2, -0.15) is 0 Å². The maximum atomic E-state index is 10.0. The molecule has 8 nitrogen and oxygen atoms in total. The summed E-state index contributed by atoms with van der Waals surface area (Å²) < 4.78 is 1.54. The number of nitrogens with zero attached hydrogens (tertiary/aromatic N) is 3. The number of phenols is 1. The average molecular weight is 394 g/mol. The minimum absolute atomic E-state index is 0. The molecule has 2 aromatic carbocycles. The van der Waals surface area contributed by atoms with E-state index in [1.807, 2.05) is 0 Å². The van der Waals surface area contributed by atoms with Crippen LogP contribution in [0.15, 0.2) is 48.7 Å². The van der Waals surface area contributed by atoms with Gasteiger partial charge in [-0.3, -0.25) is 10.8 Å². The van der Waals surface area contributed by atoms with Crippen LogP contribution in [-0.2, 0) is 0 Å². The van der Waals surface area contributed by atoms with Crippen LogP contribution in [0.5, 0.6) is 5.75 Å². The van der Waals surface area contributed by atoms with Crippen molar-refractivity contribution in [2.45, 2.75) is 0 Å². The van der Waals surface area contributed by atoms with Crippen LogP contribution in [0, 0.1) is 10.8 Å². The predicted molar refractivity (Wildman–Crippen MR) is 105 cm³/mol. The minimum Gasteiger partial charge on any atom is -0.507 e. The Bertz CT molecular complexity index is 938. The molecule has 0 radical (unpaired) electrons. The average Bonchev–Trinajstić information content (AvgIpc) is 3.05. The molecule has 0 atom stereocenters. The number of amidine groups is 2. The van der Waals surface area contributed by atoms with E-state index in [4.69, 9.17) is 22.3 Å². The van der Waals surface area contributed by atoms with Crippen molar-refractivity contribution in [2.75, 3.05) is 0 Å². The summed E-state index contributed by atoms with van der Waals surface area (Å²) >= 11 is 0. The van der Waals surface area contributed by atoms with Crippen LogP contribution in [-0.4, -0.2) is 31.8 Å². The molecular formula is C16H17Cl2N7O. The van der Waals surface area contributed by atoms with Gasteiger partial charge in [0.15, 0.2) is 0 Å². The molecule has 0 bridgehead atoms. The van der Waals surface area contributed by atoms with E-state index in [1.165, 1.54) is 6.07 Å². The number of aromatic hydroxyl groups is 1. The monoisotopic (exact) mass is 393 g/mol. The highest BCUT2D eigenvalue weighted by Gasteiger charge is 2.12. The molecule has 26 heavy (non-hydrogen) atoms. The number of phenolic OH excluding ortho intramolecular Hbond substituents is 1. The topological polar surface area (TPSA) is 151 Å².